The minimum Gasteiger partial charge on any atom is -0.288 e. The fourth-order valence-corrected chi connectivity index (χ4v) is 3.91. The Balaban J connectivity index is 1.77. The van der Waals surface area contributed by atoms with Crippen molar-refractivity contribution in [3.05, 3.63) is 130 Å². The van der Waals surface area contributed by atoms with E-state index in [0.717, 1.165) is 22.5 Å². The van der Waals surface area contributed by atoms with Crippen LogP contribution in [0.15, 0.2) is 85.2 Å². The third-order valence-corrected chi connectivity index (χ3v) is 5.38. The highest BCUT2D eigenvalue weighted by Gasteiger charge is 2.22. The predicted molar refractivity (Wildman–Crippen MR) is 120 cm³/mol. The molecule has 0 aliphatic carbocycles. The second kappa shape index (κ2) is 8.83. The molecule has 0 amide bonds. The van der Waals surface area contributed by atoms with E-state index in [4.69, 9.17) is 0 Å². The Hall–Kier alpha value is -3.59. The second-order valence-electron chi connectivity index (χ2n) is 7.51. The summed E-state index contributed by atoms with van der Waals surface area (Å²) in [5.74, 6) is 0.00284. The van der Waals surface area contributed by atoms with Gasteiger partial charge >= 0.3 is 0 Å². The summed E-state index contributed by atoms with van der Waals surface area (Å²) in [4.78, 5) is 22.7. The van der Waals surface area contributed by atoms with Crippen molar-refractivity contribution in [2.24, 2.45) is 0 Å². The normalized spacial score (nSPS) is 10.7. The molecule has 3 nitrogen and oxygen atoms in total. The quantitative estimate of drug-likeness (QED) is 0.407. The molecule has 0 N–H and O–H groups in total. The van der Waals surface area contributed by atoms with Crippen molar-refractivity contribution >= 4 is 5.78 Å². The van der Waals surface area contributed by atoms with Crippen molar-refractivity contribution < 1.29 is 4.79 Å². The largest absolute Gasteiger partial charge is 0.288 e. The van der Waals surface area contributed by atoms with Crippen LogP contribution in [-0.4, -0.2) is 15.8 Å². The van der Waals surface area contributed by atoms with Gasteiger partial charge in [0.05, 0.1) is 0 Å². The smallest absolute Gasteiger partial charge is 0.197 e. The molecule has 2 aromatic heterocycles. The third kappa shape index (κ3) is 4.20. The van der Waals surface area contributed by atoms with Crippen LogP contribution in [0.3, 0.4) is 0 Å². The average molecular weight is 393 g/mol. The number of benzene rings is 2. The lowest BCUT2D eigenvalue weighted by atomic mass is 9.89. The Kier molecular flexibility index (Phi) is 5.80. The van der Waals surface area contributed by atoms with Crippen molar-refractivity contribution in [2.75, 3.05) is 0 Å². The van der Waals surface area contributed by atoms with Gasteiger partial charge in [-0.2, -0.15) is 0 Å². The standard InChI is InChI=1S/C27H24N2O/c1-19-25(23(13-15-28-19)17-21-9-5-3-6-10-21)27(30)26-20(2)29-16-14-24(26)18-22-11-7-4-8-12-22/h3-16H,17-18H2,1-2H3. The topological polar surface area (TPSA) is 42.9 Å². The molecule has 3 heteroatoms. The van der Waals surface area contributed by atoms with Gasteiger partial charge in [0.2, 0.25) is 0 Å². The van der Waals surface area contributed by atoms with Gasteiger partial charge in [-0.25, -0.2) is 0 Å². The number of carbonyl (C=O) groups is 1. The van der Waals surface area contributed by atoms with Gasteiger partial charge in [0, 0.05) is 34.9 Å². The number of rotatable bonds is 6. The molecule has 2 aromatic carbocycles. The molecule has 0 aliphatic heterocycles. The summed E-state index contributed by atoms with van der Waals surface area (Å²) in [5, 5.41) is 0. The summed E-state index contributed by atoms with van der Waals surface area (Å²) >= 11 is 0. The van der Waals surface area contributed by atoms with E-state index in [9.17, 15) is 4.79 Å². The molecule has 2 heterocycles. The van der Waals surface area contributed by atoms with Crippen molar-refractivity contribution in [1.82, 2.24) is 9.97 Å². The molecule has 0 radical (unpaired) electrons. The minimum atomic E-state index is 0.00284. The van der Waals surface area contributed by atoms with Gasteiger partial charge in [-0.15, -0.1) is 0 Å². The van der Waals surface area contributed by atoms with E-state index in [1.165, 1.54) is 11.1 Å². The van der Waals surface area contributed by atoms with E-state index in [2.05, 4.69) is 34.2 Å². The van der Waals surface area contributed by atoms with E-state index < -0.39 is 0 Å². The monoisotopic (exact) mass is 392 g/mol. The highest BCUT2D eigenvalue weighted by atomic mass is 16.1. The number of hydrogen-bond acceptors (Lipinski definition) is 3. The summed E-state index contributed by atoms with van der Waals surface area (Å²) in [6.45, 7) is 3.81. The van der Waals surface area contributed by atoms with Crippen LogP contribution in [-0.2, 0) is 12.8 Å². The van der Waals surface area contributed by atoms with Gasteiger partial charge in [0.15, 0.2) is 5.78 Å². The lowest BCUT2D eigenvalue weighted by molar-refractivity contribution is 0.103. The number of aromatic nitrogens is 2. The van der Waals surface area contributed by atoms with Crippen LogP contribution in [0.25, 0.3) is 0 Å². The fraction of sp³-hybridized carbons (Fsp3) is 0.148. The number of pyridine rings is 2. The Bertz CT molecular complexity index is 1080. The minimum absolute atomic E-state index is 0.00284. The SMILES string of the molecule is Cc1nccc(Cc2ccccc2)c1C(=O)c1c(Cc2ccccc2)ccnc1C. The molecule has 0 atom stereocenters. The van der Waals surface area contributed by atoms with Gasteiger partial charge in [0.25, 0.3) is 0 Å². The first-order valence-corrected chi connectivity index (χ1v) is 10.1. The first-order valence-electron chi connectivity index (χ1n) is 10.1. The zero-order valence-corrected chi connectivity index (χ0v) is 17.3. The maximum atomic E-state index is 13.8. The molecule has 4 aromatic rings. The van der Waals surface area contributed by atoms with E-state index >= 15 is 0 Å². The molecule has 0 aliphatic rings. The van der Waals surface area contributed by atoms with Crippen LogP contribution in [0, 0.1) is 13.8 Å². The lowest BCUT2D eigenvalue weighted by Gasteiger charge is -2.15. The number of hydrogen-bond donors (Lipinski definition) is 0. The van der Waals surface area contributed by atoms with Gasteiger partial charge in [0.1, 0.15) is 0 Å². The Labute approximate surface area is 177 Å². The van der Waals surface area contributed by atoms with Gasteiger partial charge in [-0.05, 0) is 61.1 Å². The van der Waals surface area contributed by atoms with Crippen molar-refractivity contribution in [1.29, 1.82) is 0 Å². The zero-order valence-electron chi connectivity index (χ0n) is 17.3. The summed E-state index contributed by atoms with van der Waals surface area (Å²) in [5.41, 5.74) is 7.21. The molecule has 148 valence electrons. The van der Waals surface area contributed by atoms with Gasteiger partial charge < -0.3 is 0 Å². The molecule has 0 saturated heterocycles. The molecular weight excluding hydrogens is 368 g/mol. The van der Waals surface area contributed by atoms with E-state index in [-0.39, 0.29) is 5.78 Å². The average Bonchev–Trinajstić information content (AvgIpc) is 2.75. The number of carbonyl (C=O) groups excluding carboxylic acids is 1. The Morgan fingerprint density at radius 2 is 1.03 bits per heavy atom. The van der Waals surface area contributed by atoms with Crippen molar-refractivity contribution in [2.45, 2.75) is 26.7 Å². The highest BCUT2D eigenvalue weighted by Crippen LogP contribution is 2.25. The number of aryl methyl sites for hydroxylation is 2. The van der Waals surface area contributed by atoms with Crippen LogP contribution < -0.4 is 0 Å². The predicted octanol–water partition coefficient (Wildman–Crippen LogP) is 5.51. The first kappa shape index (κ1) is 19.7. The summed E-state index contributed by atoms with van der Waals surface area (Å²) in [6, 6.07) is 24.3. The van der Waals surface area contributed by atoms with E-state index in [1.54, 1.807) is 12.4 Å². The molecule has 0 bridgehead atoms. The summed E-state index contributed by atoms with van der Waals surface area (Å²) in [6.07, 6.45) is 4.95. The molecule has 4 rings (SSSR count). The lowest BCUT2D eigenvalue weighted by Crippen LogP contribution is -2.14. The van der Waals surface area contributed by atoms with Gasteiger partial charge in [-0.1, -0.05) is 60.7 Å². The molecule has 30 heavy (non-hydrogen) atoms. The van der Waals surface area contributed by atoms with E-state index in [1.807, 2.05) is 62.4 Å². The molecule has 0 unspecified atom stereocenters. The number of nitrogens with zero attached hydrogens (tertiary/aromatic N) is 2. The highest BCUT2D eigenvalue weighted by molar-refractivity contribution is 6.12. The maximum absolute atomic E-state index is 13.8. The van der Waals surface area contributed by atoms with Crippen LogP contribution in [0.4, 0.5) is 0 Å². The zero-order chi connectivity index (χ0) is 20.9. The van der Waals surface area contributed by atoms with E-state index in [0.29, 0.717) is 24.0 Å². The molecule has 0 spiro atoms. The molecular formula is C27H24N2O. The Morgan fingerprint density at radius 3 is 1.43 bits per heavy atom. The van der Waals surface area contributed by atoms with Crippen LogP contribution >= 0.6 is 0 Å². The summed E-state index contributed by atoms with van der Waals surface area (Å²) in [7, 11) is 0. The second-order valence-corrected chi connectivity index (χ2v) is 7.51. The fourth-order valence-electron chi connectivity index (χ4n) is 3.91. The first-order chi connectivity index (χ1) is 14.6. The summed E-state index contributed by atoms with van der Waals surface area (Å²) < 4.78 is 0. The third-order valence-electron chi connectivity index (χ3n) is 5.38. The van der Waals surface area contributed by atoms with Crippen molar-refractivity contribution in [3.8, 4) is 0 Å². The maximum Gasteiger partial charge on any atom is 0.197 e. The van der Waals surface area contributed by atoms with Crippen LogP contribution in [0.2, 0.25) is 0 Å². The van der Waals surface area contributed by atoms with Gasteiger partial charge in [-0.3, -0.25) is 14.8 Å². The van der Waals surface area contributed by atoms with Crippen LogP contribution in [0.1, 0.15) is 49.6 Å². The van der Waals surface area contributed by atoms with Crippen LogP contribution in [0.5, 0.6) is 0 Å². The van der Waals surface area contributed by atoms with Crippen molar-refractivity contribution in [3.63, 3.8) is 0 Å². The molecule has 0 fully saturated rings. The Morgan fingerprint density at radius 1 is 0.633 bits per heavy atom. The molecule has 0 saturated carbocycles. The number of ketones is 1.